The molecule has 2 N–H and O–H groups in total. The lowest BCUT2D eigenvalue weighted by molar-refractivity contribution is -0.120. The highest BCUT2D eigenvalue weighted by molar-refractivity contribution is 9.10. The molecule has 126 valence electrons. The molecule has 6 heteroatoms. The molecule has 1 atom stereocenters. The van der Waals surface area contributed by atoms with Crippen LogP contribution in [0.3, 0.4) is 0 Å². The monoisotopic (exact) mass is 390 g/mol. The SMILES string of the molecule is C[C@H](NC(=O)CNc1ccc(Br)cc1)c1ccc2c(c1)OCCO2. The minimum absolute atomic E-state index is 0.0692. The van der Waals surface area contributed by atoms with Crippen LogP contribution >= 0.6 is 15.9 Å². The first-order valence-electron chi connectivity index (χ1n) is 7.80. The van der Waals surface area contributed by atoms with Gasteiger partial charge in [-0.3, -0.25) is 4.79 Å². The molecule has 0 radical (unpaired) electrons. The van der Waals surface area contributed by atoms with Gasteiger partial charge in [0, 0.05) is 10.2 Å². The number of amides is 1. The summed E-state index contributed by atoms with van der Waals surface area (Å²) in [5.41, 5.74) is 1.89. The Morgan fingerprint density at radius 2 is 1.83 bits per heavy atom. The maximum absolute atomic E-state index is 12.1. The number of fused-ring (bicyclic) bond motifs is 1. The summed E-state index contributed by atoms with van der Waals surface area (Å²) >= 11 is 3.38. The van der Waals surface area contributed by atoms with Gasteiger partial charge in [0.15, 0.2) is 11.5 Å². The molecule has 1 aliphatic rings. The van der Waals surface area contributed by atoms with Gasteiger partial charge in [0.2, 0.25) is 5.91 Å². The van der Waals surface area contributed by atoms with E-state index < -0.39 is 0 Å². The number of anilines is 1. The number of rotatable bonds is 5. The zero-order valence-corrected chi connectivity index (χ0v) is 14.9. The van der Waals surface area contributed by atoms with Crippen molar-refractivity contribution in [3.8, 4) is 11.5 Å². The third kappa shape index (κ3) is 4.20. The predicted octanol–water partition coefficient (Wildman–Crippen LogP) is 3.51. The number of carbonyl (C=O) groups is 1. The van der Waals surface area contributed by atoms with Gasteiger partial charge in [0.1, 0.15) is 13.2 Å². The summed E-state index contributed by atoms with van der Waals surface area (Å²) in [5.74, 6) is 1.41. The van der Waals surface area contributed by atoms with Crippen LogP contribution in [-0.2, 0) is 4.79 Å². The molecule has 1 heterocycles. The van der Waals surface area contributed by atoms with Crippen LogP contribution in [0.25, 0.3) is 0 Å². The van der Waals surface area contributed by atoms with Crippen molar-refractivity contribution in [3.05, 3.63) is 52.5 Å². The third-order valence-corrected chi connectivity index (χ3v) is 4.27. The molecular formula is C18H19BrN2O3. The van der Waals surface area contributed by atoms with E-state index in [1.165, 1.54) is 0 Å². The molecule has 0 spiro atoms. The van der Waals surface area contributed by atoms with Gasteiger partial charge >= 0.3 is 0 Å². The lowest BCUT2D eigenvalue weighted by atomic mass is 10.1. The molecule has 1 amide bonds. The van der Waals surface area contributed by atoms with E-state index in [1.807, 2.05) is 49.4 Å². The second-order valence-corrected chi connectivity index (χ2v) is 6.47. The van der Waals surface area contributed by atoms with E-state index in [1.54, 1.807) is 0 Å². The minimum atomic E-state index is -0.111. The lowest BCUT2D eigenvalue weighted by Gasteiger charge is -2.21. The molecule has 0 saturated carbocycles. The Bertz CT molecular complexity index is 719. The van der Waals surface area contributed by atoms with Crippen molar-refractivity contribution in [1.29, 1.82) is 0 Å². The second kappa shape index (κ2) is 7.57. The molecule has 5 nitrogen and oxygen atoms in total. The van der Waals surface area contributed by atoms with Crippen molar-refractivity contribution in [1.82, 2.24) is 5.32 Å². The Balaban J connectivity index is 1.55. The number of ether oxygens (including phenoxy) is 2. The van der Waals surface area contributed by atoms with E-state index in [-0.39, 0.29) is 18.5 Å². The first-order valence-corrected chi connectivity index (χ1v) is 8.59. The van der Waals surface area contributed by atoms with Crippen LogP contribution in [0.5, 0.6) is 11.5 Å². The summed E-state index contributed by atoms with van der Waals surface area (Å²) in [6, 6.07) is 13.3. The molecule has 0 bridgehead atoms. The van der Waals surface area contributed by atoms with Gasteiger partial charge in [0.25, 0.3) is 0 Å². The summed E-state index contributed by atoms with van der Waals surface area (Å²) in [5, 5.41) is 6.08. The van der Waals surface area contributed by atoms with Crippen molar-refractivity contribution >= 4 is 27.5 Å². The van der Waals surface area contributed by atoms with Gasteiger partial charge in [-0.25, -0.2) is 0 Å². The van der Waals surface area contributed by atoms with E-state index in [9.17, 15) is 4.79 Å². The Kier molecular flexibility index (Phi) is 5.25. The van der Waals surface area contributed by atoms with E-state index in [0.717, 1.165) is 27.2 Å². The first-order chi connectivity index (χ1) is 11.6. The minimum Gasteiger partial charge on any atom is -0.486 e. The Hall–Kier alpha value is -2.21. The first kappa shape index (κ1) is 16.6. The maximum atomic E-state index is 12.1. The number of hydrogen-bond donors (Lipinski definition) is 2. The summed E-state index contributed by atoms with van der Waals surface area (Å²) in [6.45, 7) is 3.29. The molecule has 24 heavy (non-hydrogen) atoms. The van der Waals surface area contributed by atoms with E-state index in [4.69, 9.17) is 9.47 Å². The smallest absolute Gasteiger partial charge is 0.239 e. The van der Waals surface area contributed by atoms with E-state index >= 15 is 0 Å². The summed E-state index contributed by atoms with van der Waals surface area (Å²) in [6.07, 6.45) is 0. The molecule has 0 aliphatic carbocycles. The summed E-state index contributed by atoms with van der Waals surface area (Å²) < 4.78 is 12.1. The molecule has 2 aromatic rings. The third-order valence-electron chi connectivity index (χ3n) is 3.74. The van der Waals surface area contributed by atoms with Gasteiger partial charge in [-0.2, -0.15) is 0 Å². The van der Waals surface area contributed by atoms with E-state index in [2.05, 4.69) is 26.6 Å². The van der Waals surface area contributed by atoms with E-state index in [0.29, 0.717) is 13.2 Å². The largest absolute Gasteiger partial charge is 0.486 e. The van der Waals surface area contributed by atoms with Gasteiger partial charge in [0.05, 0.1) is 12.6 Å². The second-order valence-electron chi connectivity index (χ2n) is 5.55. The van der Waals surface area contributed by atoms with Crippen LogP contribution in [0.4, 0.5) is 5.69 Å². The lowest BCUT2D eigenvalue weighted by Crippen LogP contribution is -2.32. The normalized spacial score (nSPS) is 13.9. The van der Waals surface area contributed by atoms with Gasteiger partial charge in [-0.15, -0.1) is 0 Å². The maximum Gasteiger partial charge on any atom is 0.239 e. The Morgan fingerprint density at radius 3 is 2.58 bits per heavy atom. The zero-order valence-electron chi connectivity index (χ0n) is 13.3. The van der Waals surface area contributed by atoms with Crippen LogP contribution < -0.4 is 20.1 Å². The molecular weight excluding hydrogens is 372 g/mol. The molecule has 0 saturated heterocycles. The molecule has 0 aromatic heterocycles. The van der Waals surface area contributed by atoms with Crippen molar-refractivity contribution in [3.63, 3.8) is 0 Å². The molecule has 0 fully saturated rings. The van der Waals surface area contributed by atoms with Crippen molar-refractivity contribution in [2.45, 2.75) is 13.0 Å². The quantitative estimate of drug-likeness (QED) is 0.819. The van der Waals surface area contributed by atoms with Crippen molar-refractivity contribution in [2.24, 2.45) is 0 Å². The average molecular weight is 391 g/mol. The van der Waals surface area contributed by atoms with Gasteiger partial charge in [-0.05, 0) is 48.9 Å². The Morgan fingerprint density at radius 1 is 1.12 bits per heavy atom. The molecule has 3 rings (SSSR count). The topological polar surface area (TPSA) is 59.6 Å². The fourth-order valence-corrected chi connectivity index (χ4v) is 2.72. The van der Waals surface area contributed by atoms with Crippen LogP contribution in [-0.4, -0.2) is 25.7 Å². The Labute approximate surface area is 149 Å². The van der Waals surface area contributed by atoms with Gasteiger partial charge in [-0.1, -0.05) is 22.0 Å². The fraction of sp³-hybridized carbons (Fsp3) is 0.278. The highest BCUT2D eigenvalue weighted by Gasteiger charge is 2.15. The number of carbonyl (C=O) groups excluding carboxylic acids is 1. The summed E-state index contributed by atoms with van der Waals surface area (Å²) in [4.78, 5) is 12.1. The highest BCUT2D eigenvalue weighted by atomic mass is 79.9. The molecule has 1 aliphatic heterocycles. The molecule has 2 aromatic carbocycles. The van der Waals surface area contributed by atoms with Crippen molar-refractivity contribution in [2.75, 3.05) is 25.1 Å². The fourth-order valence-electron chi connectivity index (χ4n) is 2.46. The summed E-state index contributed by atoms with van der Waals surface area (Å²) in [7, 11) is 0. The van der Waals surface area contributed by atoms with Gasteiger partial charge < -0.3 is 20.1 Å². The van der Waals surface area contributed by atoms with Crippen molar-refractivity contribution < 1.29 is 14.3 Å². The number of nitrogens with one attached hydrogen (secondary N) is 2. The zero-order chi connectivity index (χ0) is 16.9. The number of benzene rings is 2. The number of hydrogen-bond acceptors (Lipinski definition) is 4. The standard InChI is InChI=1S/C18H19BrN2O3/c1-12(13-2-7-16-17(10-13)24-9-8-23-16)21-18(22)11-20-15-5-3-14(19)4-6-15/h2-7,10,12,20H,8-9,11H2,1H3,(H,21,22)/t12-/m0/s1. The van der Waals surface area contributed by atoms with Crippen LogP contribution in [0, 0.1) is 0 Å². The van der Waals surface area contributed by atoms with Crippen LogP contribution in [0.2, 0.25) is 0 Å². The van der Waals surface area contributed by atoms with Crippen LogP contribution in [0.15, 0.2) is 46.9 Å². The number of halogens is 1. The average Bonchev–Trinajstić information content (AvgIpc) is 2.61. The highest BCUT2D eigenvalue weighted by Crippen LogP contribution is 2.32. The predicted molar refractivity (Wildman–Crippen MR) is 96.6 cm³/mol. The van der Waals surface area contributed by atoms with Crippen LogP contribution in [0.1, 0.15) is 18.5 Å². The molecule has 0 unspecified atom stereocenters.